The zero-order valence-electron chi connectivity index (χ0n) is 9.76. The molecule has 1 aromatic rings. The number of sulfone groups is 1. The second kappa shape index (κ2) is 5.90. The van der Waals surface area contributed by atoms with E-state index in [1.807, 2.05) is 0 Å². The predicted octanol–water partition coefficient (Wildman–Crippen LogP) is 1.46. The zero-order valence-corrected chi connectivity index (χ0v) is 12.1. The summed E-state index contributed by atoms with van der Waals surface area (Å²) in [5, 5.41) is 0. The molecule has 0 fully saturated rings. The van der Waals surface area contributed by atoms with Crippen LogP contribution in [0.25, 0.3) is 0 Å². The van der Waals surface area contributed by atoms with Gasteiger partial charge in [-0.3, -0.25) is 4.72 Å². The molecule has 0 unspecified atom stereocenters. The van der Waals surface area contributed by atoms with Gasteiger partial charge in [0.1, 0.15) is 0 Å². The highest BCUT2D eigenvalue weighted by Gasteiger charge is 2.19. The molecule has 8 heteroatoms. The normalized spacial score (nSPS) is 12.3. The van der Waals surface area contributed by atoms with Crippen LogP contribution in [0.4, 0.5) is 5.69 Å². The van der Waals surface area contributed by atoms with E-state index in [0.29, 0.717) is 0 Å². The van der Waals surface area contributed by atoms with E-state index in [-0.39, 0.29) is 28.0 Å². The van der Waals surface area contributed by atoms with Crippen LogP contribution >= 0.6 is 11.6 Å². The highest BCUT2D eigenvalue weighted by atomic mass is 35.5. The van der Waals surface area contributed by atoms with Crippen molar-refractivity contribution in [2.75, 3.05) is 22.1 Å². The van der Waals surface area contributed by atoms with Gasteiger partial charge in [0.05, 0.1) is 22.1 Å². The standard InChI is InChI=1S/C10H14ClNO4S2/c1-2-17(13,14)10-6-4-3-5-9(10)12-18(15,16)8-7-11/h3-6,12H,2,7-8H2,1H3. The van der Waals surface area contributed by atoms with Gasteiger partial charge in [0.2, 0.25) is 10.0 Å². The first-order valence-electron chi connectivity index (χ1n) is 5.20. The van der Waals surface area contributed by atoms with Crippen LogP contribution in [0.3, 0.4) is 0 Å². The summed E-state index contributed by atoms with van der Waals surface area (Å²) in [6.07, 6.45) is 0. The maximum atomic E-state index is 11.8. The third-order valence-corrected chi connectivity index (χ3v) is 5.69. The molecule has 0 aliphatic rings. The summed E-state index contributed by atoms with van der Waals surface area (Å²) in [4.78, 5) is -0.0225. The Morgan fingerprint density at radius 3 is 2.33 bits per heavy atom. The second-order valence-electron chi connectivity index (χ2n) is 3.51. The van der Waals surface area contributed by atoms with Crippen LogP contribution in [0, 0.1) is 0 Å². The van der Waals surface area contributed by atoms with E-state index < -0.39 is 19.9 Å². The summed E-state index contributed by atoms with van der Waals surface area (Å²) in [5.41, 5.74) is 0.0597. The maximum Gasteiger partial charge on any atom is 0.233 e. The fraction of sp³-hybridized carbons (Fsp3) is 0.400. The molecule has 0 heterocycles. The second-order valence-corrected chi connectivity index (χ2v) is 7.98. The van der Waals surface area contributed by atoms with E-state index >= 15 is 0 Å². The molecule has 0 saturated carbocycles. The van der Waals surface area contributed by atoms with Crippen molar-refractivity contribution < 1.29 is 16.8 Å². The molecular formula is C10H14ClNO4S2. The van der Waals surface area contributed by atoms with Crippen molar-refractivity contribution in [3.8, 4) is 0 Å². The Bertz CT molecular complexity index is 611. The van der Waals surface area contributed by atoms with Crippen molar-refractivity contribution in [3.05, 3.63) is 24.3 Å². The molecule has 0 amide bonds. The van der Waals surface area contributed by atoms with Gasteiger partial charge in [-0.2, -0.15) is 0 Å². The highest BCUT2D eigenvalue weighted by molar-refractivity contribution is 7.93. The Kier molecular flexibility index (Phi) is 5.01. The van der Waals surface area contributed by atoms with Crippen LogP contribution in [-0.4, -0.2) is 34.2 Å². The monoisotopic (exact) mass is 311 g/mol. The molecule has 0 spiro atoms. The SMILES string of the molecule is CCS(=O)(=O)c1ccccc1NS(=O)(=O)CCCl. The lowest BCUT2D eigenvalue weighted by molar-refractivity contribution is 0.597. The first-order chi connectivity index (χ1) is 8.32. The summed E-state index contributed by atoms with van der Waals surface area (Å²) in [6, 6.07) is 5.89. The van der Waals surface area contributed by atoms with Crippen LogP contribution in [0.5, 0.6) is 0 Å². The lowest BCUT2D eigenvalue weighted by Crippen LogP contribution is -2.19. The van der Waals surface area contributed by atoms with Gasteiger partial charge in [-0.05, 0) is 12.1 Å². The van der Waals surface area contributed by atoms with Crippen molar-refractivity contribution >= 4 is 37.1 Å². The minimum atomic E-state index is -3.62. The molecule has 5 nitrogen and oxygen atoms in total. The van der Waals surface area contributed by atoms with E-state index in [9.17, 15) is 16.8 Å². The summed E-state index contributed by atoms with van der Waals surface area (Å²) in [7, 11) is -7.10. The Labute approximate surface area is 112 Å². The van der Waals surface area contributed by atoms with Crippen molar-refractivity contribution in [1.29, 1.82) is 0 Å². The largest absolute Gasteiger partial charge is 0.282 e. The molecule has 0 bridgehead atoms. The molecule has 102 valence electrons. The topological polar surface area (TPSA) is 80.3 Å². The Morgan fingerprint density at radius 1 is 1.17 bits per heavy atom. The average Bonchev–Trinajstić information content (AvgIpc) is 2.28. The molecule has 1 rings (SSSR count). The lowest BCUT2D eigenvalue weighted by atomic mass is 10.3. The molecular weight excluding hydrogens is 298 g/mol. The summed E-state index contributed by atoms with van der Waals surface area (Å²) < 4.78 is 49.0. The number of alkyl halides is 1. The van der Waals surface area contributed by atoms with Crippen molar-refractivity contribution in [1.82, 2.24) is 0 Å². The third kappa shape index (κ3) is 3.86. The number of anilines is 1. The van der Waals surface area contributed by atoms with Crippen LogP contribution in [0.15, 0.2) is 29.2 Å². The number of rotatable bonds is 6. The van der Waals surface area contributed by atoms with Gasteiger partial charge in [-0.15, -0.1) is 11.6 Å². The summed E-state index contributed by atoms with van der Waals surface area (Å²) in [6.45, 7) is 1.50. The molecule has 1 aromatic carbocycles. The van der Waals surface area contributed by atoms with E-state index in [2.05, 4.69) is 4.72 Å². The first-order valence-corrected chi connectivity index (χ1v) is 9.04. The Balaban J connectivity index is 3.20. The summed E-state index contributed by atoms with van der Waals surface area (Å²) in [5.74, 6) is -0.422. The molecule has 1 N–H and O–H groups in total. The molecule has 0 aromatic heterocycles. The number of halogens is 1. The molecule has 0 aliphatic heterocycles. The molecule has 0 saturated heterocycles. The highest BCUT2D eigenvalue weighted by Crippen LogP contribution is 2.23. The number of nitrogens with one attached hydrogen (secondary N) is 1. The smallest absolute Gasteiger partial charge is 0.233 e. The predicted molar refractivity (Wildman–Crippen MR) is 72.3 cm³/mol. The molecule has 18 heavy (non-hydrogen) atoms. The third-order valence-electron chi connectivity index (χ3n) is 2.21. The zero-order chi connectivity index (χ0) is 13.8. The fourth-order valence-electron chi connectivity index (χ4n) is 1.30. The molecule has 0 atom stereocenters. The number of sulfonamides is 1. The quantitative estimate of drug-likeness (QED) is 0.807. The van der Waals surface area contributed by atoms with Crippen LogP contribution in [-0.2, 0) is 19.9 Å². The van der Waals surface area contributed by atoms with Gasteiger partial charge in [0, 0.05) is 5.88 Å². The lowest BCUT2D eigenvalue weighted by Gasteiger charge is -2.11. The molecule has 0 radical (unpaired) electrons. The van der Waals surface area contributed by atoms with Crippen molar-refractivity contribution in [2.45, 2.75) is 11.8 Å². The van der Waals surface area contributed by atoms with E-state index in [4.69, 9.17) is 11.6 Å². The number of benzene rings is 1. The van der Waals surface area contributed by atoms with Gasteiger partial charge in [0.25, 0.3) is 0 Å². The first kappa shape index (κ1) is 15.3. The number of hydrogen-bond acceptors (Lipinski definition) is 4. The number of para-hydroxylation sites is 1. The van der Waals surface area contributed by atoms with E-state index in [0.717, 1.165) is 0 Å². The van der Waals surface area contributed by atoms with E-state index in [1.54, 1.807) is 12.1 Å². The van der Waals surface area contributed by atoms with Gasteiger partial charge in [0.15, 0.2) is 9.84 Å². The van der Waals surface area contributed by atoms with E-state index in [1.165, 1.54) is 19.1 Å². The van der Waals surface area contributed by atoms with Crippen LogP contribution < -0.4 is 4.72 Å². The number of hydrogen-bond donors (Lipinski definition) is 1. The fourth-order valence-corrected chi connectivity index (χ4v) is 3.84. The van der Waals surface area contributed by atoms with Gasteiger partial charge in [-0.25, -0.2) is 16.8 Å². The van der Waals surface area contributed by atoms with Gasteiger partial charge < -0.3 is 0 Å². The average molecular weight is 312 g/mol. The minimum absolute atomic E-state index is 0.0225. The van der Waals surface area contributed by atoms with Crippen molar-refractivity contribution in [2.24, 2.45) is 0 Å². The van der Waals surface area contributed by atoms with Crippen molar-refractivity contribution in [3.63, 3.8) is 0 Å². The minimum Gasteiger partial charge on any atom is -0.282 e. The van der Waals surface area contributed by atoms with Crippen LogP contribution in [0.2, 0.25) is 0 Å². The van der Waals surface area contributed by atoms with Gasteiger partial charge >= 0.3 is 0 Å². The molecule has 0 aliphatic carbocycles. The summed E-state index contributed by atoms with van der Waals surface area (Å²) >= 11 is 5.37. The maximum absolute atomic E-state index is 11.8. The Morgan fingerprint density at radius 2 is 1.78 bits per heavy atom. The Hall–Kier alpha value is -0.790. The van der Waals surface area contributed by atoms with Gasteiger partial charge in [-0.1, -0.05) is 19.1 Å². The van der Waals surface area contributed by atoms with Crippen LogP contribution in [0.1, 0.15) is 6.92 Å².